The maximum atomic E-state index is 13.6. The van der Waals surface area contributed by atoms with Crippen molar-refractivity contribution in [1.29, 1.82) is 0 Å². The van der Waals surface area contributed by atoms with Gasteiger partial charge < -0.3 is 14.2 Å². The zero-order chi connectivity index (χ0) is 22.1. The molecule has 1 atom stereocenters. The molecule has 0 saturated carbocycles. The van der Waals surface area contributed by atoms with Crippen LogP contribution in [0.3, 0.4) is 0 Å². The average Bonchev–Trinajstić information content (AvgIpc) is 3.33. The molecule has 0 spiro atoms. The van der Waals surface area contributed by atoms with E-state index in [1.807, 2.05) is 100 Å². The van der Waals surface area contributed by atoms with Crippen LogP contribution < -0.4 is 9.34 Å². The summed E-state index contributed by atoms with van der Waals surface area (Å²) < 4.78 is 3.92. The Morgan fingerprint density at radius 2 is 1.22 bits per heavy atom. The van der Waals surface area contributed by atoms with Crippen molar-refractivity contribution in [2.45, 2.75) is 18.6 Å². The first-order valence-corrected chi connectivity index (χ1v) is 12.5. The van der Waals surface area contributed by atoms with E-state index in [0.717, 1.165) is 16.9 Å². The standard InChI is InChI=1S/C25H25N3O3P/c29-24-18-23(25(30)26(24)19-20-10-4-1-5-11-20)32(31)27(21-12-6-2-7-13-21)16-17-28(32)22-14-8-3-9-15-22/h1-15,23,31H,16-19H2. The summed E-state index contributed by atoms with van der Waals surface area (Å²) in [5, 5.41) is 0. The quantitative estimate of drug-likeness (QED) is 0.472. The fourth-order valence-corrected chi connectivity index (χ4v) is 8.10. The molecule has 1 unspecified atom stereocenters. The Labute approximate surface area is 188 Å². The van der Waals surface area contributed by atoms with Crippen LogP contribution in [0.15, 0.2) is 91.0 Å². The van der Waals surface area contributed by atoms with Gasteiger partial charge in [0.05, 0.1) is 6.54 Å². The van der Waals surface area contributed by atoms with Gasteiger partial charge in [0.2, 0.25) is 11.8 Å². The Bertz CT molecular complexity index is 1060. The lowest BCUT2D eigenvalue weighted by Gasteiger charge is -2.45. The molecule has 2 saturated heterocycles. The number of amides is 2. The maximum absolute atomic E-state index is 13.6. The third-order valence-electron chi connectivity index (χ3n) is 6.16. The number of hydrogen-bond acceptors (Lipinski definition) is 5. The zero-order valence-corrected chi connectivity index (χ0v) is 18.5. The van der Waals surface area contributed by atoms with Crippen molar-refractivity contribution < 1.29 is 14.5 Å². The normalized spacial score (nSPS) is 20.3. The summed E-state index contributed by atoms with van der Waals surface area (Å²) >= 11 is 0. The van der Waals surface area contributed by atoms with Crippen LogP contribution in [-0.2, 0) is 16.1 Å². The van der Waals surface area contributed by atoms with Crippen LogP contribution in [0.2, 0.25) is 0 Å². The van der Waals surface area contributed by atoms with Crippen LogP contribution in [0.5, 0.6) is 0 Å². The Kier molecular flexibility index (Phi) is 5.41. The summed E-state index contributed by atoms with van der Waals surface area (Å²) in [5.41, 5.74) is 1.83. The van der Waals surface area contributed by atoms with Gasteiger partial charge in [0.25, 0.3) is 0 Å². The molecule has 1 N–H and O–H groups in total. The number of nitrogens with zero attached hydrogens (tertiary/aromatic N) is 3. The first-order valence-electron chi connectivity index (χ1n) is 10.7. The van der Waals surface area contributed by atoms with Gasteiger partial charge in [-0.3, -0.25) is 14.5 Å². The van der Waals surface area contributed by atoms with Crippen molar-refractivity contribution in [2.24, 2.45) is 0 Å². The van der Waals surface area contributed by atoms with E-state index in [2.05, 4.69) is 0 Å². The molecule has 2 amide bonds. The highest BCUT2D eigenvalue weighted by atomic mass is 31.2. The van der Waals surface area contributed by atoms with Gasteiger partial charge in [-0.25, -0.2) is 0 Å². The molecule has 0 aromatic heterocycles. The molecule has 7 heteroatoms. The molecule has 3 aromatic carbocycles. The topological polar surface area (TPSA) is 64.1 Å². The van der Waals surface area contributed by atoms with Crippen LogP contribution in [0.25, 0.3) is 0 Å². The van der Waals surface area contributed by atoms with Gasteiger partial charge in [-0.15, -0.1) is 0 Å². The van der Waals surface area contributed by atoms with E-state index in [-0.39, 0.29) is 24.8 Å². The van der Waals surface area contributed by atoms with Gasteiger partial charge in [0, 0.05) is 30.9 Å². The van der Waals surface area contributed by atoms with E-state index >= 15 is 0 Å². The van der Waals surface area contributed by atoms with Gasteiger partial charge in [0.1, 0.15) is 5.66 Å². The molecule has 32 heavy (non-hydrogen) atoms. The summed E-state index contributed by atoms with van der Waals surface area (Å²) in [5.74, 6) is -0.524. The van der Waals surface area contributed by atoms with Gasteiger partial charge in [-0.1, -0.05) is 66.7 Å². The summed E-state index contributed by atoms with van der Waals surface area (Å²) in [4.78, 5) is 40.2. The smallest absolute Gasteiger partial charge is 0.242 e. The van der Waals surface area contributed by atoms with Crippen LogP contribution in [0.1, 0.15) is 12.0 Å². The number of benzene rings is 3. The fourth-order valence-electron chi connectivity index (χ4n) is 4.62. The van der Waals surface area contributed by atoms with Crippen molar-refractivity contribution in [3.05, 3.63) is 96.6 Å². The van der Waals surface area contributed by atoms with Crippen LogP contribution >= 0.6 is 7.79 Å². The highest BCUT2D eigenvalue weighted by Crippen LogP contribution is 2.71. The average molecular weight is 446 g/mol. The van der Waals surface area contributed by atoms with Crippen molar-refractivity contribution in [2.75, 3.05) is 22.4 Å². The number of imide groups is 1. The lowest BCUT2D eigenvalue weighted by atomic mass is 10.2. The van der Waals surface area contributed by atoms with E-state index in [1.54, 1.807) is 0 Å². The van der Waals surface area contributed by atoms with Crippen molar-refractivity contribution in [1.82, 2.24) is 4.90 Å². The minimum absolute atomic E-state index is 0.0165. The summed E-state index contributed by atoms with van der Waals surface area (Å²) in [7, 11) is -3.21. The molecular weight excluding hydrogens is 421 g/mol. The van der Waals surface area contributed by atoms with Crippen LogP contribution in [0.4, 0.5) is 11.4 Å². The Hall–Kier alpha value is -3.21. The molecule has 1 radical (unpaired) electrons. The zero-order valence-electron chi connectivity index (χ0n) is 17.6. The first-order chi connectivity index (χ1) is 15.6. The molecule has 2 fully saturated rings. The number of rotatable bonds is 5. The van der Waals surface area contributed by atoms with E-state index in [9.17, 15) is 14.5 Å². The highest BCUT2D eigenvalue weighted by molar-refractivity contribution is 7.75. The molecule has 2 aliphatic heterocycles. The van der Waals surface area contributed by atoms with Crippen LogP contribution in [0, 0.1) is 0 Å². The number of carbonyl (C=O) groups is 2. The third kappa shape index (κ3) is 3.46. The second-order valence-electron chi connectivity index (χ2n) is 8.06. The van der Waals surface area contributed by atoms with E-state index in [0.29, 0.717) is 13.1 Å². The number of para-hydroxylation sites is 2. The Morgan fingerprint density at radius 3 is 1.72 bits per heavy atom. The molecule has 3 aromatic rings. The SMILES string of the molecule is O=C1CC([P]2(O)N(c3ccccc3)CCN2c2ccccc2)C(=O)N1Cc1ccccc1. The van der Waals surface area contributed by atoms with Gasteiger partial charge in [0.15, 0.2) is 7.79 Å². The Morgan fingerprint density at radius 1 is 0.750 bits per heavy atom. The van der Waals surface area contributed by atoms with Gasteiger partial charge >= 0.3 is 0 Å². The summed E-state index contributed by atoms with van der Waals surface area (Å²) in [6, 6.07) is 28.8. The van der Waals surface area contributed by atoms with Crippen molar-refractivity contribution in [3.63, 3.8) is 0 Å². The Balaban J connectivity index is 1.53. The molecule has 0 bridgehead atoms. The van der Waals surface area contributed by atoms with E-state index < -0.39 is 13.4 Å². The monoisotopic (exact) mass is 446 g/mol. The number of hydrogen-bond donors (Lipinski definition) is 1. The maximum Gasteiger partial charge on any atom is 0.242 e. The van der Waals surface area contributed by atoms with Gasteiger partial charge in [-0.05, 0) is 29.8 Å². The van der Waals surface area contributed by atoms with E-state index in [1.165, 1.54) is 4.90 Å². The molecule has 2 heterocycles. The second kappa shape index (κ2) is 8.38. The van der Waals surface area contributed by atoms with Crippen LogP contribution in [-0.4, -0.2) is 40.4 Å². The number of carbonyl (C=O) groups excluding carboxylic acids is 2. The minimum atomic E-state index is -3.21. The molecule has 5 rings (SSSR count). The van der Waals surface area contributed by atoms with Gasteiger partial charge in [-0.2, -0.15) is 0 Å². The predicted molar refractivity (Wildman–Crippen MR) is 127 cm³/mol. The molecular formula is C25H25N3O3P. The summed E-state index contributed by atoms with van der Waals surface area (Å²) in [6.45, 7) is 1.39. The van der Waals surface area contributed by atoms with Crippen molar-refractivity contribution >= 4 is 31.0 Å². The molecule has 163 valence electrons. The molecule has 6 nitrogen and oxygen atoms in total. The predicted octanol–water partition coefficient (Wildman–Crippen LogP) is 4.10. The number of likely N-dealkylation sites (tertiary alicyclic amines) is 1. The number of anilines is 2. The molecule has 2 aliphatic rings. The first kappa shape index (κ1) is 20.7. The van der Waals surface area contributed by atoms with E-state index in [4.69, 9.17) is 0 Å². The highest BCUT2D eigenvalue weighted by Gasteiger charge is 2.58. The largest absolute Gasteiger partial charge is 0.345 e. The van der Waals surface area contributed by atoms with Crippen molar-refractivity contribution in [3.8, 4) is 0 Å². The fraction of sp³-hybridized carbons (Fsp3) is 0.200. The third-order valence-corrected chi connectivity index (χ3v) is 9.69. The second-order valence-corrected chi connectivity index (χ2v) is 10.9. The molecule has 0 aliphatic carbocycles. The minimum Gasteiger partial charge on any atom is -0.345 e. The summed E-state index contributed by atoms with van der Waals surface area (Å²) in [6.07, 6.45) is 0.0165. The lowest BCUT2D eigenvalue weighted by molar-refractivity contribution is -0.138. The lowest BCUT2D eigenvalue weighted by Crippen LogP contribution is -2.39.